The largest absolute Gasteiger partial charge is 0.378 e. The van der Waals surface area contributed by atoms with Gasteiger partial charge in [0.1, 0.15) is 0 Å². The zero-order chi connectivity index (χ0) is 12.4. The van der Waals surface area contributed by atoms with E-state index < -0.39 is 0 Å². The van der Waals surface area contributed by atoms with Gasteiger partial charge >= 0.3 is 0 Å². The highest BCUT2D eigenvalue weighted by Gasteiger charge is 2.03. The molecule has 0 bridgehead atoms. The zero-order valence-corrected chi connectivity index (χ0v) is 11.0. The topological polar surface area (TPSA) is 3.24 Å². The maximum absolute atomic E-state index is 6.03. The Balaban J connectivity index is 2.45. The van der Waals surface area contributed by atoms with Gasteiger partial charge in [0.05, 0.1) is 0 Å². The molecule has 2 heteroatoms. The minimum atomic E-state index is 0.803. The minimum absolute atomic E-state index is 0.803. The van der Waals surface area contributed by atoms with Gasteiger partial charge < -0.3 is 4.90 Å². The lowest BCUT2D eigenvalue weighted by Crippen LogP contribution is -2.08. The van der Waals surface area contributed by atoms with E-state index in [9.17, 15) is 0 Å². The quantitative estimate of drug-likeness (QED) is 0.766. The van der Waals surface area contributed by atoms with Crippen LogP contribution in [0.3, 0.4) is 0 Å². The Morgan fingerprint density at radius 1 is 1.12 bits per heavy atom. The number of benzene rings is 2. The molecule has 2 aromatic rings. The molecule has 2 aromatic carbocycles. The fourth-order valence-corrected chi connectivity index (χ4v) is 1.83. The molecule has 0 saturated heterocycles. The summed E-state index contributed by atoms with van der Waals surface area (Å²) in [6.07, 6.45) is 0. The van der Waals surface area contributed by atoms with Gasteiger partial charge in [-0.1, -0.05) is 23.7 Å². The average molecular weight is 245 g/mol. The van der Waals surface area contributed by atoms with Crippen LogP contribution in [-0.4, -0.2) is 14.1 Å². The lowest BCUT2D eigenvalue weighted by Gasteiger charge is -2.13. The fraction of sp³-hybridized carbons (Fsp3) is 0.200. The number of rotatable bonds is 2. The first-order valence-corrected chi connectivity index (χ1v) is 5.91. The van der Waals surface area contributed by atoms with E-state index in [0.717, 1.165) is 21.7 Å². The third kappa shape index (κ3) is 2.62. The van der Waals surface area contributed by atoms with Crippen LogP contribution in [0.5, 0.6) is 0 Å². The van der Waals surface area contributed by atoms with Crippen LogP contribution in [0.2, 0.25) is 5.02 Å². The van der Waals surface area contributed by atoms with Gasteiger partial charge in [-0.25, -0.2) is 0 Å². The normalized spacial score (nSPS) is 10.4. The van der Waals surface area contributed by atoms with Gasteiger partial charge in [0.15, 0.2) is 0 Å². The SMILES string of the molecule is Cc1cc(-c2[c]ccc(N(C)C)c2)ccc1Cl. The molecule has 0 aliphatic heterocycles. The molecule has 0 fully saturated rings. The first kappa shape index (κ1) is 12.0. The first-order valence-electron chi connectivity index (χ1n) is 5.53. The second kappa shape index (κ2) is 4.80. The third-order valence-electron chi connectivity index (χ3n) is 2.77. The Labute approximate surface area is 108 Å². The van der Waals surface area contributed by atoms with Gasteiger partial charge in [0.25, 0.3) is 0 Å². The van der Waals surface area contributed by atoms with Crippen molar-refractivity contribution in [2.24, 2.45) is 0 Å². The Morgan fingerprint density at radius 2 is 1.88 bits per heavy atom. The summed E-state index contributed by atoms with van der Waals surface area (Å²) in [5.41, 5.74) is 4.51. The highest BCUT2D eigenvalue weighted by atomic mass is 35.5. The molecule has 0 aromatic heterocycles. The fourth-order valence-electron chi connectivity index (χ4n) is 1.71. The van der Waals surface area contributed by atoms with Crippen LogP contribution in [0.4, 0.5) is 5.69 Å². The number of nitrogens with zero attached hydrogens (tertiary/aromatic N) is 1. The zero-order valence-electron chi connectivity index (χ0n) is 10.3. The van der Waals surface area contributed by atoms with E-state index in [1.165, 1.54) is 5.69 Å². The Kier molecular flexibility index (Phi) is 3.39. The second-order valence-electron chi connectivity index (χ2n) is 4.32. The summed E-state index contributed by atoms with van der Waals surface area (Å²) in [4.78, 5) is 2.08. The van der Waals surface area contributed by atoms with E-state index in [1.54, 1.807) is 0 Å². The summed E-state index contributed by atoms with van der Waals surface area (Å²) in [6.45, 7) is 2.02. The predicted molar refractivity (Wildman–Crippen MR) is 74.8 cm³/mol. The maximum Gasteiger partial charge on any atom is 0.0435 e. The summed E-state index contributed by atoms with van der Waals surface area (Å²) in [6, 6.07) is 15.4. The lowest BCUT2D eigenvalue weighted by molar-refractivity contribution is 1.13. The van der Waals surface area contributed by atoms with E-state index in [0.29, 0.717) is 0 Å². The summed E-state index contributed by atoms with van der Waals surface area (Å²) in [7, 11) is 4.07. The van der Waals surface area contributed by atoms with Crippen molar-refractivity contribution in [3.63, 3.8) is 0 Å². The molecular weight excluding hydrogens is 230 g/mol. The van der Waals surface area contributed by atoms with E-state index in [1.807, 2.05) is 45.3 Å². The van der Waals surface area contributed by atoms with Crippen LogP contribution in [0, 0.1) is 13.0 Å². The Bertz CT molecular complexity index is 532. The summed E-state index contributed by atoms with van der Waals surface area (Å²) in [5.74, 6) is 0. The van der Waals surface area contributed by atoms with Gasteiger partial charge in [0, 0.05) is 24.8 Å². The third-order valence-corrected chi connectivity index (χ3v) is 3.19. The summed E-state index contributed by atoms with van der Waals surface area (Å²) in [5, 5.41) is 0.803. The van der Waals surface area contributed by atoms with Crippen molar-refractivity contribution >= 4 is 17.3 Å². The molecule has 87 valence electrons. The molecule has 0 aliphatic carbocycles. The van der Waals surface area contributed by atoms with Crippen LogP contribution < -0.4 is 4.90 Å². The molecule has 0 aliphatic rings. The van der Waals surface area contributed by atoms with Crippen LogP contribution >= 0.6 is 11.6 Å². The van der Waals surface area contributed by atoms with Crippen molar-refractivity contribution in [3.8, 4) is 11.1 Å². The molecule has 2 rings (SSSR count). The van der Waals surface area contributed by atoms with Gasteiger partial charge in [-0.05, 0) is 53.9 Å². The van der Waals surface area contributed by atoms with E-state index in [4.69, 9.17) is 11.6 Å². The average Bonchev–Trinajstić information content (AvgIpc) is 2.33. The van der Waals surface area contributed by atoms with Crippen LogP contribution in [0.15, 0.2) is 36.4 Å². The summed E-state index contributed by atoms with van der Waals surface area (Å²) >= 11 is 6.03. The molecule has 0 N–H and O–H groups in total. The van der Waals surface area contributed by atoms with Gasteiger partial charge in [-0.2, -0.15) is 0 Å². The number of hydrogen-bond donors (Lipinski definition) is 0. The number of anilines is 1. The predicted octanol–water partition coefficient (Wildman–Crippen LogP) is 4.18. The minimum Gasteiger partial charge on any atom is -0.378 e. The van der Waals surface area contributed by atoms with E-state index in [-0.39, 0.29) is 0 Å². The molecule has 1 nitrogen and oxygen atoms in total. The molecular formula is C15H15ClN. The highest BCUT2D eigenvalue weighted by molar-refractivity contribution is 6.31. The second-order valence-corrected chi connectivity index (χ2v) is 4.73. The van der Waals surface area contributed by atoms with Gasteiger partial charge in [-0.3, -0.25) is 0 Å². The van der Waals surface area contributed by atoms with Crippen molar-refractivity contribution in [3.05, 3.63) is 53.1 Å². The standard InChI is InChI=1S/C15H15ClN/c1-11-9-13(7-8-15(11)16)12-5-4-6-14(10-12)17(2)3/h4,6-10H,1-3H3. The monoisotopic (exact) mass is 244 g/mol. The Hall–Kier alpha value is -1.47. The van der Waals surface area contributed by atoms with Crippen molar-refractivity contribution in [2.75, 3.05) is 19.0 Å². The summed E-state index contributed by atoms with van der Waals surface area (Å²) < 4.78 is 0. The molecule has 0 spiro atoms. The van der Waals surface area contributed by atoms with Crippen LogP contribution in [0.1, 0.15) is 5.56 Å². The highest BCUT2D eigenvalue weighted by Crippen LogP contribution is 2.26. The number of aryl methyl sites for hydroxylation is 1. The number of hydrogen-bond acceptors (Lipinski definition) is 1. The lowest BCUT2D eigenvalue weighted by atomic mass is 10.0. The maximum atomic E-state index is 6.03. The molecule has 0 atom stereocenters. The molecule has 0 unspecified atom stereocenters. The van der Waals surface area contributed by atoms with Crippen molar-refractivity contribution < 1.29 is 0 Å². The molecule has 17 heavy (non-hydrogen) atoms. The molecule has 0 saturated carbocycles. The van der Waals surface area contributed by atoms with Crippen molar-refractivity contribution in [2.45, 2.75) is 6.92 Å². The van der Waals surface area contributed by atoms with E-state index >= 15 is 0 Å². The smallest absolute Gasteiger partial charge is 0.0435 e. The Morgan fingerprint density at radius 3 is 2.53 bits per heavy atom. The van der Waals surface area contributed by atoms with Crippen LogP contribution in [0.25, 0.3) is 11.1 Å². The number of halogens is 1. The molecule has 0 amide bonds. The van der Waals surface area contributed by atoms with Gasteiger partial charge in [0.2, 0.25) is 0 Å². The van der Waals surface area contributed by atoms with Crippen molar-refractivity contribution in [1.82, 2.24) is 0 Å². The van der Waals surface area contributed by atoms with Gasteiger partial charge in [-0.15, -0.1) is 0 Å². The van der Waals surface area contributed by atoms with Crippen molar-refractivity contribution in [1.29, 1.82) is 0 Å². The molecule has 0 heterocycles. The van der Waals surface area contributed by atoms with Crippen LogP contribution in [-0.2, 0) is 0 Å². The first-order chi connectivity index (χ1) is 8.08. The van der Waals surface area contributed by atoms with E-state index in [2.05, 4.69) is 23.1 Å². The molecule has 1 radical (unpaired) electrons.